The molecule has 0 radical (unpaired) electrons. The summed E-state index contributed by atoms with van der Waals surface area (Å²) in [6, 6.07) is 0.679. The van der Waals surface area contributed by atoms with Crippen LogP contribution in [0.25, 0.3) is 31.2 Å². The molecule has 0 saturated carbocycles. The number of aromatic nitrogens is 6. The van der Waals surface area contributed by atoms with Gasteiger partial charge >= 0.3 is 0 Å². The second-order valence-electron chi connectivity index (χ2n) is 7.72. The summed E-state index contributed by atoms with van der Waals surface area (Å²) in [6.07, 6.45) is 12.3. The fourth-order valence-corrected chi connectivity index (χ4v) is 5.90. The van der Waals surface area contributed by atoms with Gasteiger partial charge in [-0.25, -0.2) is 19.9 Å². The summed E-state index contributed by atoms with van der Waals surface area (Å²) in [5, 5.41) is 8.81. The van der Waals surface area contributed by atoms with Crippen LogP contribution in [0.3, 0.4) is 0 Å². The van der Waals surface area contributed by atoms with E-state index in [1.165, 1.54) is 12.8 Å². The summed E-state index contributed by atoms with van der Waals surface area (Å²) >= 11 is 3.28. The Labute approximate surface area is 181 Å². The third kappa shape index (κ3) is 3.39. The maximum absolute atomic E-state index is 4.61. The van der Waals surface area contributed by atoms with Crippen molar-refractivity contribution < 1.29 is 0 Å². The Hall–Kier alpha value is -2.40. The minimum absolute atomic E-state index is 0.339. The van der Waals surface area contributed by atoms with Crippen molar-refractivity contribution in [1.82, 2.24) is 40.5 Å². The van der Waals surface area contributed by atoms with Gasteiger partial charge in [0.15, 0.2) is 10.0 Å². The fraction of sp³-hybridized carbons (Fsp3) is 0.400. The lowest BCUT2D eigenvalue weighted by molar-refractivity contribution is 0.613. The highest BCUT2D eigenvalue weighted by Gasteiger charge is 2.21. The molecule has 4 aromatic rings. The molecule has 0 aromatic carbocycles. The van der Waals surface area contributed by atoms with E-state index in [1.807, 2.05) is 24.8 Å². The molecule has 0 spiro atoms. The summed E-state index contributed by atoms with van der Waals surface area (Å²) in [4.78, 5) is 27.4. The average molecular weight is 439 g/mol. The Morgan fingerprint density at radius 2 is 1.17 bits per heavy atom. The fourth-order valence-electron chi connectivity index (χ4n) is 4.11. The van der Waals surface area contributed by atoms with Crippen molar-refractivity contribution in [1.29, 1.82) is 0 Å². The Balaban J connectivity index is 1.21. The van der Waals surface area contributed by atoms with E-state index in [1.54, 1.807) is 22.7 Å². The monoisotopic (exact) mass is 438 g/mol. The van der Waals surface area contributed by atoms with Crippen LogP contribution >= 0.6 is 22.7 Å². The average Bonchev–Trinajstić information content (AvgIpc) is 3.62. The van der Waals surface area contributed by atoms with Crippen molar-refractivity contribution in [2.24, 2.45) is 0 Å². The van der Waals surface area contributed by atoms with Crippen LogP contribution in [0.15, 0.2) is 24.8 Å². The van der Waals surface area contributed by atoms with E-state index in [0.29, 0.717) is 12.1 Å². The molecule has 2 aliphatic rings. The minimum atomic E-state index is 0.339. The molecule has 0 bridgehead atoms. The Morgan fingerprint density at radius 1 is 0.667 bits per heavy atom. The predicted octanol–water partition coefficient (Wildman–Crippen LogP) is 3.90. The minimum Gasteiger partial charge on any atom is -0.340 e. The molecule has 4 aromatic heterocycles. The lowest BCUT2D eigenvalue weighted by atomic mass is 10.2. The quantitative estimate of drug-likeness (QED) is 0.376. The van der Waals surface area contributed by atoms with Crippen LogP contribution in [0.5, 0.6) is 0 Å². The molecule has 6 heterocycles. The van der Waals surface area contributed by atoms with Gasteiger partial charge in [0.05, 0.1) is 45.6 Å². The first-order valence-electron chi connectivity index (χ1n) is 10.3. The number of rotatable bonds is 5. The third-order valence-corrected chi connectivity index (χ3v) is 7.90. The van der Waals surface area contributed by atoms with Gasteiger partial charge in [-0.15, -0.1) is 22.7 Å². The summed E-state index contributed by atoms with van der Waals surface area (Å²) in [7, 11) is 0. The Morgan fingerprint density at radius 3 is 1.60 bits per heavy atom. The highest BCUT2D eigenvalue weighted by atomic mass is 32.1. The van der Waals surface area contributed by atoms with Crippen LogP contribution in [0.1, 0.15) is 49.4 Å². The van der Waals surface area contributed by atoms with E-state index < -0.39 is 0 Å². The molecule has 2 saturated heterocycles. The molecule has 4 N–H and O–H groups in total. The van der Waals surface area contributed by atoms with Gasteiger partial charge in [0.2, 0.25) is 0 Å². The second-order valence-corrected chi connectivity index (χ2v) is 9.78. The van der Waals surface area contributed by atoms with E-state index >= 15 is 0 Å². The van der Waals surface area contributed by atoms with Crippen molar-refractivity contribution in [3.8, 4) is 31.2 Å². The first-order valence-corrected chi connectivity index (χ1v) is 12.0. The van der Waals surface area contributed by atoms with Crippen molar-refractivity contribution in [3.63, 3.8) is 0 Å². The van der Waals surface area contributed by atoms with Crippen molar-refractivity contribution in [3.05, 3.63) is 36.4 Å². The van der Waals surface area contributed by atoms with Crippen LogP contribution in [0.4, 0.5) is 0 Å². The molecule has 6 rings (SSSR count). The second kappa shape index (κ2) is 7.69. The molecule has 30 heavy (non-hydrogen) atoms. The summed E-state index contributed by atoms with van der Waals surface area (Å²) < 4.78 is 0. The summed E-state index contributed by atoms with van der Waals surface area (Å²) in [6.45, 7) is 2.12. The third-order valence-electron chi connectivity index (χ3n) is 5.70. The topological polar surface area (TPSA) is 107 Å². The van der Waals surface area contributed by atoms with Gasteiger partial charge in [0.25, 0.3) is 0 Å². The van der Waals surface area contributed by atoms with E-state index in [4.69, 9.17) is 0 Å². The molecule has 8 nitrogen and oxygen atoms in total. The van der Waals surface area contributed by atoms with Crippen LogP contribution in [0.2, 0.25) is 0 Å². The van der Waals surface area contributed by atoms with Crippen LogP contribution in [-0.4, -0.2) is 43.0 Å². The molecule has 10 heteroatoms. The zero-order valence-electron chi connectivity index (χ0n) is 16.3. The molecule has 0 amide bonds. The van der Waals surface area contributed by atoms with Gasteiger partial charge in [-0.1, -0.05) is 0 Å². The molecular formula is C20H22N8S2. The summed E-state index contributed by atoms with van der Waals surface area (Å²) in [5.41, 5.74) is 2.03. The highest BCUT2D eigenvalue weighted by Crippen LogP contribution is 2.37. The number of aromatic amines is 2. The first kappa shape index (κ1) is 18.4. The number of hydrogen-bond donors (Lipinski definition) is 4. The molecular weight excluding hydrogens is 416 g/mol. The first-order chi connectivity index (χ1) is 14.8. The van der Waals surface area contributed by atoms with E-state index in [9.17, 15) is 0 Å². The lowest BCUT2D eigenvalue weighted by Gasteiger charge is -2.04. The van der Waals surface area contributed by atoms with Gasteiger partial charge in [-0.3, -0.25) is 0 Å². The lowest BCUT2D eigenvalue weighted by Crippen LogP contribution is -2.14. The highest BCUT2D eigenvalue weighted by molar-refractivity contribution is 7.24. The number of imidazole rings is 2. The zero-order valence-corrected chi connectivity index (χ0v) is 17.9. The van der Waals surface area contributed by atoms with Gasteiger partial charge in [-0.05, 0) is 38.8 Å². The standard InChI is InChI=1S/C20H22N8S2/c1-3-11(21-5-1)17-23-7-13(27-17)15-9-25-19(29-15)20-26-10-16(30-20)14-8-24-18(28-14)12-4-2-6-22-12/h7-12,21-22H,1-6H2,(H,23,27)(H,24,28). The normalized spacial score (nSPS) is 21.6. The summed E-state index contributed by atoms with van der Waals surface area (Å²) in [5.74, 6) is 2.03. The molecule has 0 aliphatic carbocycles. The maximum Gasteiger partial charge on any atom is 0.152 e. The SMILES string of the molecule is c1nc(C2CCCN2)[nH]c1-c1cnc(-c2ncc(-c3cnc(C4CCCN4)[nH]3)s2)s1. The molecule has 154 valence electrons. The largest absolute Gasteiger partial charge is 0.340 e. The number of nitrogens with one attached hydrogen (secondary N) is 4. The Bertz CT molecular complexity index is 1050. The number of thiazole rings is 2. The number of hydrogen-bond acceptors (Lipinski definition) is 8. The van der Waals surface area contributed by atoms with E-state index in [2.05, 4.69) is 40.5 Å². The van der Waals surface area contributed by atoms with Gasteiger partial charge in [0.1, 0.15) is 11.6 Å². The molecule has 2 fully saturated rings. The van der Waals surface area contributed by atoms with Crippen LogP contribution in [0, 0.1) is 0 Å². The van der Waals surface area contributed by atoms with Gasteiger partial charge in [-0.2, -0.15) is 0 Å². The molecule has 2 aliphatic heterocycles. The van der Waals surface area contributed by atoms with Crippen LogP contribution in [-0.2, 0) is 0 Å². The van der Waals surface area contributed by atoms with Gasteiger partial charge in [0, 0.05) is 12.4 Å². The van der Waals surface area contributed by atoms with Crippen molar-refractivity contribution in [2.75, 3.05) is 13.1 Å². The van der Waals surface area contributed by atoms with Crippen molar-refractivity contribution >= 4 is 22.7 Å². The van der Waals surface area contributed by atoms with E-state index in [0.717, 1.165) is 68.7 Å². The zero-order chi connectivity index (χ0) is 19.9. The molecule has 2 unspecified atom stereocenters. The Kier molecular flexibility index (Phi) is 4.71. The number of nitrogens with zero attached hydrogens (tertiary/aromatic N) is 4. The smallest absolute Gasteiger partial charge is 0.152 e. The van der Waals surface area contributed by atoms with Crippen LogP contribution < -0.4 is 10.6 Å². The maximum atomic E-state index is 4.61. The predicted molar refractivity (Wildman–Crippen MR) is 118 cm³/mol. The number of H-pyrrole nitrogens is 2. The van der Waals surface area contributed by atoms with Gasteiger partial charge < -0.3 is 20.6 Å². The van der Waals surface area contributed by atoms with Crippen molar-refractivity contribution in [2.45, 2.75) is 37.8 Å². The molecule has 2 atom stereocenters. The van der Waals surface area contributed by atoms with E-state index in [-0.39, 0.29) is 0 Å².